The first-order chi connectivity index (χ1) is 26.2. The number of aliphatic hydroxyl groups is 1. The van der Waals surface area contributed by atoms with Gasteiger partial charge in [0.05, 0.1) is 30.5 Å². The minimum absolute atomic E-state index is 0.0270. The molecule has 0 fully saturated rings. The number of nitrogens with one attached hydrogen (secondary N) is 1. The van der Waals surface area contributed by atoms with Gasteiger partial charge in [0, 0.05) is 17.3 Å². The molecule has 0 bridgehead atoms. The molecule has 0 aliphatic carbocycles. The van der Waals surface area contributed by atoms with Crippen molar-refractivity contribution in [2.45, 2.75) is 58.5 Å². The van der Waals surface area contributed by atoms with E-state index in [1.54, 1.807) is 54.6 Å². The fourth-order valence-corrected chi connectivity index (χ4v) is 6.48. The number of guanidine groups is 1. The Morgan fingerprint density at radius 3 is 2.35 bits per heavy atom. The number of halogens is 4. The summed E-state index contributed by atoms with van der Waals surface area (Å²) in [5.74, 6) is -1.24. The Bertz CT molecular complexity index is 2250. The molecule has 6 rings (SSSR count). The lowest BCUT2D eigenvalue weighted by molar-refractivity contribution is -0.135. The number of benzene rings is 3. The summed E-state index contributed by atoms with van der Waals surface area (Å²) < 4.78 is 60.6. The van der Waals surface area contributed by atoms with Crippen LogP contribution in [0.2, 0.25) is 0 Å². The monoisotopic (exact) mass is 757 g/mol. The number of aliphatic imine (C=N–C) groups is 1. The fourth-order valence-electron chi connectivity index (χ4n) is 6.48. The third-order valence-electron chi connectivity index (χ3n) is 8.84. The quantitative estimate of drug-likeness (QED) is 0.137. The second-order valence-corrected chi connectivity index (χ2v) is 13.9. The van der Waals surface area contributed by atoms with E-state index in [9.17, 15) is 32.7 Å². The van der Waals surface area contributed by atoms with Gasteiger partial charge in [0.1, 0.15) is 12.9 Å². The van der Waals surface area contributed by atoms with Gasteiger partial charge in [0.2, 0.25) is 5.96 Å². The molecule has 2 N–H and O–H groups in total. The number of rotatable bonds is 11. The van der Waals surface area contributed by atoms with Crippen LogP contribution < -0.4 is 5.32 Å². The standard InChI is InChI=1S/C38H35F4N9O4/c1-37(2,3)21-38(28-13-11-24(12-14-28)27-17-45-49(18-27)33(39)40)32(53)50(35(48-38)47-36(54)55-20-23-7-5-4-6-8-23)30(19-52)25-9-10-26(16-43)29(15-25)31-44-22-46-51(31)34(41)42/h4-15,17-18,22,30,33-34,52H,19-21H2,1-3H3,(H,47,48,54)/t30-,38-/m1/s1. The molecule has 0 saturated carbocycles. The molecule has 2 amide bonds. The number of carbonyl (C=O) groups is 2. The number of aliphatic hydroxyl groups excluding tert-OH is 1. The Labute approximate surface area is 312 Å². The van der Waals surface area contributed by atoms with Crippen molar-refractivity contribution in [3.63, 3.8) is 0 Å². The smallest absolute Gasteiger partial charge is 0.414 e. The van der Waals surface area contributed by atoms with Crippen LogP contribution in [0.4, 0.5) is 22.4 Å². The van der Waals surface area contributed by atoms with E-state index in [0.717, 1.165) is 11.2 Å². The Hall–Kier alpha value is -6.41. The van der Waals surface area contributed by atoms with E-state index >= 15 is 4.79 Å². The molecule has 2 atom stereocenters. The van der Waals surface area contributed by atoms with Crippen LogP contribution in [0.5, 0.6) is 0 Å². The number of alkyl carbamates (subject to hydrolysis) is 1. The van der Waals surface area contributed by atoms with Crippen molar-refractivity contribution in [3.05, 3.63) is 114 Å². The molecule has 5 aromatic rings. The molecular weight excluding hydrogens is 722 g/mol. The van der Waals surface area contributed by atoms with Crippen molar-refractivity contribution in [2.24, 2.45) is 10.4 Å². The molecule has 1 aliphatic rings. The lowest BCUT2D eigenvalue weighted by Gasteiger charge is -2.34. The van der Waals surface area contributed by atoms with Crippen LogP contribution in [0.3, 0.4) is 0 Å². The van der Waals surface area contributed by atoms with Crippen molar-refractivity contribution in [1.29, 1.82) is 5.26 Å². The predicted octanol–water partition coefficient (Wildman–Crippen LogP) is 6.96. The normalized spacial score (nSPS) is 16.3. The van der Waals surface area contributed by atoms with Crippen molar-refractivity contribution in [1.82, 2.24) is 34.8 Å². The number of hydrogen-bond donors (Lipinski definition) is 2. The second-order valence-electron chi connectivity index (χ2n) is 13.9. The first-order valence-corrected chi connectivity index (χ1v) is 16.9. The van der Waals surface area contributed by atoms with Gasteiger partial charge in [0.15, 0.2) is 11.4 Å². The molecule has 0 radical (unpaired) electrons. The van der Waals surface area contributed by atoms with Crippen LogP contribution in [0.1, 0.15) is 68.6 Å². The molecule has 3 aromatic carbocycles. The van der Waals surface area contributed by atoms with Gasteiger partial charge in [0.25, 0.3) is 5.91 Å². The summed E-state index contributed by atoms with van der Waals surface area (Å²) in [6.45, 7) is -1.09. The molecule has 3 heterocycles. The molecule has 13 nitrogen and oxygen atoms in total. The molecule has 0 spiro atoms. The first kappa shape index (κ1) is 38.3. The third kappa shape index (κ3) is 7.94. The van der Waals surface area contributed by atoms with Gasteiger partial charge in [-0.05, 0) is 46.2 Å². The van der Waals surface area contributed by atoms with Gasteiger partial charge in [-0.3, -0.25) is 15.0 Å². The summed E-state index contributed by atoms with van der Waals surface area (Å²) >= 11 is 0. The van der Waals surface area contributed by atoms with Gasteiger partial charge in [-0.1, -0.05) is 81.4 Å². The van der Waals surface area contributed by atoms with E-state index < -0.39 is 48.7 Å². The summed E-state index contributed by atoms with van der Waals surface area (Å²) in [7, 11) is 0. The number of nitriles is 1. The molecule has 17 heteroatoms. The summed E-state index contributed by atoms with van der Waals surface area (Å²) in [5, 5.41) is 30.7. The predicted molar refractivity (Wildman–Crippen MR) is 190 cm³/mol. The van der Waals surface area contributed by atoms with E-state index in [0.29, 0.717) is 31.6 Å². The zero-order valence-electron chi connectivity index (χ0n) is 29.8. The van der Waals surface area contributed by atoms with Crippen LogP contribution in [0, 0.1) is 16.7 Å². The summed E-state index contributed by atoms with van der Waals surface area (Å²) in [4.78, 5) is 38.4. The number of alkyl halides is 4. The molecule has 284 valence electrons. The van der Waals surface area contributed by atoms with Crippen LogP contribution in [0.25, 0.3) is 22.5 Å². The Balaban J connectivity index is 1.45. The van der Waals surface area contributed by atoms with Gasteiger partial charge in [-0.25, -0.2) is 19.5 Å². The SMILES string of the molecule is CC(C)(C)C[C@]1(c2ccc(-c3cnn(C(F)F)c3)cc2)N=C(NC(=O)OCc2ccccc2)N([C@H](CO)c2ccc(C#N)c(-c3ncnn3C(F)F)c2)C1=O. The van der Waals surface area contributed by atoms with Crippen molar-refractivity contribution in [2.75, 3.05) is 6.61 Å². The van der Waals surface area contributed by atoms with Gasteiger partial charge in [-0.15, -0.1) is 0 Å². The average Bonchev–Trinajstić information content (AvgIpc) is 3.91. The minimum atomic E-state index is -3.09. The maximum absolute atomic E-state index is 15.1. The minimum Gasteiger partial charge on any atom is -0.444 e. The maximum atomic E-state index is 15.1. The summed E-state index contributed by atoms with van der Waals surface area (Å²) in [6, 6.07) is 20.2. The molecule has 0 unspecified atom stereocenters. The van der Waals surface area contributed by atoms with Gasteiger partial charge >= 0.3 is 19.2 Å². The molecular formula is C38H35F4N9O4. The van der Waals surface area contributed by atoms with E-state index in [4.69, 9.17) is 9.73 Å². The zero-order chi connectivity index (χ0) is 39.5. The molecule has 1 aliphatic heterocycles. The van der Waals surface area contributed by atoms with Gasteiger partial charge < -0.3 is 9.84 Å². The Kier molecular flexibility index (Phi) is 10.8. The van der Waals surface area contributed by atoms with E-state index in [1.165, 1.54) is 30.6 Å². The molecule has 0 saturated heterocycles. The van der Waals surface area contributed by atoms with Crippen LogP contribution in [0.15, 0.2) is 96.5 Å². The molecule has 55 heavy (non-hydrogen) atoms. The van der Waals surface area contributed by atoms with Gasteiger partial charge in [-0.2, -0.15) is 37.7 Å². The topological polar surface area (TPSA) is 164 Å². The van der Waals surface area contributed by atoms with Crippen molar-refractivity contribution >= 4 is 18.0 Å². The van der Waals surface area contributed by atoms with E-state index in [-0.39, 0.29) is 41.5 Å². The number of nitrogens with zero attached hydrogens (tertiary/aromatic N) is 8. The van der Waals surface area contributed by atoms with Crippen LogP contribution in [-0.2, 0) is 21.7 Å². The maximum Gasteiger partial charge on any atom is 0.414 e. The number of carbonyl (C=O) groups excluding carboxylic acids is 2. The number of ether oxygens (including phenoxy) is 1. The lowest BCUT2D eigenvalue weighted by atomic mass is 9.75. The fraction of sp³-hybridized carbons (Fsp3) is 0.289. The highest BCUT2D eigenvalue weighted by Crippen LogP contribution is 2.45. The number of aromatic nitrogens is 5. The van der Waals surface area contributed by atoms with E-state index in [2.05, 4.69) is 20.5 Å². The highest BCUT2D eigenvalue weighted by molar-refractivity contribution is 6.11. The summed E-state index contributed by atoms with van der Waals surface area (Å²) in [5.41, 5.74) is -0.128. The zero-order valence-corrected chi connectivity index (χ0v) is 29.8. The summed E-state index contributed by atoms with van der Waals surface area (Å²) in [6.07, 6.45) is 2.53. The Morgan fingerprint density at radius 1 is 1.00 bits per heavy atom. The Morgan fingerprint density at radius 2 is 1.73 bits per heavy atom. The molecule has 2 aromatic heterocycles. The average molecular weight is 758 g/mol. The second kappa shape index (κ2) is 15.5. The van der Waals surface area contributed by atoms with E-state index in [1.807, 2.05) is 26.8 Å². The van der Waals surface area contributed by atoms with Crippen LogP contribution >= 0.6 is 0 Å². The number of amides is 2. The first-order valence-electron chi connectivity index (χ1n) is 16.9. The highest BCUT2D eigenvalue weighted by atomic mass is 19.3. The largest absolute Gasteiger partial charge is 0.444 e. The van der Waals surface area contributed by atoms with Crippen LogP contribution in [-0.4, -0.2) is 59.1 Å². The van der Waals surface area contributed by atoms with Crippen molar-refractivity contribution < 1.29 is 37.0 Å². The van der Waals surface area contributed by atoms with Crippen molar-refractivity contribution in [3.8, 4) is 28.6 Å². The number of hydrogen-bond acceptors (Lipinski definition) is 9. The highest BCUT2D eigenvalue weighted by Gasteiger charge is 2.54. The third-order valence-corrected chi connectivity index (χ3v) is 8.84. The lowest BCUT2D eigenvalue weighted by Crippen LogP contribution is -2.49.